The number of ketones is 2. The summed E-state index contributed by atoms with van der Waals surface area (Å²) in [6, 6.07) is 13.5. The number of hydrogen-bond acceptors (Lipinski definition) is 5. The zero-order chi connectivity index (χ0) is 23.7. The molecule has 5 rings (SSSR count). The van der Waals surface area contributed by atoms with Gasteiger partial charge >= 0.3 is 0 Å². The molecule has 7 nitrogen and oxygen atoms in total. The van der Waals surface area contributed by atoms with Crippen LogP contribution in [0.3, 0.4) is 0 Å². The zero-order valence-electron chi connectivity index (χ0n) is 19.6. The van der Waals surface area contributed by atoms with Gasteiger partial charge in [0.1, 0.15) is 37.8 Å². The van der Waals surface area contributed by atoms with Crippen LogP contribution in [-0.2, 0) is 34.0 Å². The van der Waals surface area contributed by atoms with E-state index in [0.29, 0.717) is 37.3 Å². The molecule has 1 saturated heterocycles. The van der Waals surface area contributed by atoms with Crippen LogP contribution >= 0.6 is 0 Å². The third-order valence-corrected chi connectivity index (χ3v) is 7.30. The second-order valence-electron chi connectivity index (χ2n) is 9.89. The Morgan fingerprint density at radius 1 is 1.03 bits per heavy atom. The van der Waals surface area contributed by atoms with Gasteiger partial charge in [-0.1, -0.05) is 30.3 Å². The van der Waals surface area contributed by atoms with Crippen molar-refractivity contribution in [1.82, 2.24) is 4.90 Å². The third kappa shape index (κ3) is 4.63. The van der Waals surface area contributed by atoms with Crippen LogP contribution in [0.1, 0.15) is 46.3 Å². The number of morpholine rings is 1. The van der Waals surface area contributed by atoms with E-state index in [1.807, 2.05) is 12.1 Å². The second-order valence-corrected chi connectivity index (χ2v) is 9.89. The van der Waals surface area contributed by atoms with Crippen LogP contribution in [0.2, 0.25) is 0 Å². The molecule has 0 aromatic heterocycles. The minimum Gasteiger partial charge on any atom is -0.489 e. The number of carbonyl (C=O) groups excluding carboxylic acids is 3. The normalized spacial score (nSPS) is 22.1. The van der Waals surface area contributed by atoms with Gasteiger partial charge in [-0.3, -0.25) is 14.4 Å². The molecule has 1 unspecified atom stereocenters. The summed E-state index contributed by atoms with van der Waals surface area (Å²) < 4.78 is 12.6. The fourth-order valence-electron chi connectivity index (χ4n) is 5.19. The number of amides is 1. The van der Waals surface area contributed by atoms with Gasteiger partial charge in [-0.25, -0.2) is 0 Å². The van der Waals surface area contributed by atoms with Gasteiger partial charge in [0, 0.05) is 23.1 Å². The number of hydrogen-bond donors (Lipinski definition) is 0. The summed E-state index contributed by atoms with van der Waals surface area (Å²) in [5.41, 5.74) is 3.76. The van der Waals surface area contributed by atoms with Crippen molar-refractivity contribution in [3.05, 3.63) is 64.7 Å². The van der Waals surface area contributed by atoms with Gasteiger partial charge in [0.15, 0.2) is 5.78 Å². The summed E-state index contributed by atoms with van der Waals surface area (Å²) in [6.07, 6.45) is 0.683. The molecular formula is C27H31N2O5+. The maximum absolute atomic E-state index is 13.0. The topological polar surface area (TPSA) is 72.9 Å². The van der Waals surface area contributed by atoms with Crippen molar-refractivity contribution in [2.24, 2.45) is 0 Å². The quantitative estimate of drug-likeness (QED) is 0.487. The average molecular weight is 464 g/mol. The van der Waals surface area contributed by atoms with Crippen molar-refractivity contribution < 1.29 is 28.3 Å². The molecule has 2 fully saturated rings. The smallest absolute Gasteiger partial charge is 0.255 e. The Labute approximate surface area is 199 Å². The molecule has 1 aliphatic carbocycles. The number of nitrogens with zero attached hydrogens (tertiary/aromatic N) is 2. The monoisotopic (exact) mass is 463 g/mol. The number of Topliss-reactive ketones (excluding diaryl/α,β-unsaturated/α-hetero) is 2. The summed E-state index contributed by atoms with van der Waals surface area (Å²) >= 11 is 0. The summed E-state index contributed by atoms with van der Waals surface area (Å²) in [5.74, 6) is 0.315. The number of fused-ring (bicyclic) bond motifs is 1. The molecule has 3 aliphatic rings. The Balaban J connectivity index is 1.24. The van der Waals surface area contributed by atoms with Gasteiger partial charge in [-0.15, -0.1) is 0 Å². The van der Waals surface area contributed by atoms with E-state index < -0.39 is 6.04 Å². The van der Waals surface area contributed by atoms with Gasteiger partial charge in [0.25, 0.3) is 5.91 Å². The molecule has 178 valence electrons. The molecule has 0 N–H and O–H groups in total. The molecular weight excluding hydrogens is 432 g/mol. The molecule has 0 bridgehead atoms. The Morgan fingerprint density at radius 2 is 1.76 bits per heavy atom. The number of ether oxygens (including phenoxy) is 2. The van der Waals surface area contributed by atoms with Crippen LogP contribution in [0.25, 0.3) is 0 Å². The standard InChI is InChI=1S/C27H31N2O5/c1-29(11-13-33-14-12-29)17-19-5-7-20(8-6-19)18-34-26-4-2-3-22-23(26)16-28(27(22)32)24-10-9-21(30)15-25(24)31/h2-8,24H,9-18H2,1H3/q+1. The molecule has 2 heterocycles. The van der Waals surface area contributed by atoms with Crippen LogP contribution in [0.4, 0.5) is 0 Å². The van der Waals surface area contributed by atoms with E-state index in [0.717, 1.165) is 48.5 Å². The van der Waals surface area contributed by atoms with Crippen molar-refractivity contribution in [3.8, 4) is 5.75 Å². The van der Waals surface area contributed by atoms with Gasteiger partial charge in [-0.2, -0.15) is 0 Å². The Hall–Kier alpha value is -3.03. The molecule has 0 radical (unpaired) electrons. The highest BCUT2D eigenvalue weighted by atomic mass is 16.5. The maximum atomic E-state index is 13.0. The van der Waals surface area contributed by atoms with Gasteiger partial charge < -0.3 is 18.9 Å². The Kier molecular flexibility index (Phi) is 6.23. The van der Waals surface area contributed by atoms with Gasteiger partial charge in [0.2, 0.25) is 0 Å². The first-order chi connectivity index (χ1) is 16.4. The fourth-order valence-corrected chi connectivity index (χ4v) is 5.19. The lowest BCUT2D eigenvalue weighted by atomic mass is 9.92. The highest BCUT2D eigenvalue weighted by Gasteiger charge is 2.40. The Bertz CT molecular complexity index is 1100. The highest BCUT2D eigenvalue weighted by Crippen LogP contribution is 2.34. The minimum atomic E-state index is -0.519. The molecule has 1 atom stereocenters. The van der Waals surface area contributed by atoms with E-state index in [1.165, 1.54) is 5.56 Å². The van der Waals surface area contributed by atoms with E-state index in [1.54, 1.807) is 11.0 Å². The number of quaternary nitrogens is 1. The van der Waals surface area contributed by atoms with E-state index >= 15 is 0 Å². The molecule has 2 aliphatic heterocycles. The molecule has 34 heavy (non-hydrogen) atoms. The van der Waals surface area contributed by atoms with E-state index in [9.17, 15) is 14.4 Å². The van der Waals surface area contributed by atoms with Crippen LogP contribution < -0.4 is 4.74 Å². The molecule has 0 spiro atoms. The molecule has 2 aromatic carbocycles. The Morgan fingerprint density at radius 3 is 2.50 bits per heavy atom. The largest absolute Gasteiger partial charge is 0.489 e. The zero-order valence-corrected chi connectivity index (χ0v) is 19.6. The average Bonchev–Trinajstić information content (AvgIpc) is 3.16. The minimum absolute atomic E-state index is 0.0405. The summed E-state index contributed by atoms with van der Waals surface area (Å²) in [4.78, 5) is 38.6. The summed E-state index contributed by atoms with van der Waals surface area (Å²) in [5, 5.41) is 0. The molecule has 1 amide bonds. The van der Waals surface area contributed by atoms with Crippen molar-refractivity contribution in [3.63, 3.8) is 0 Å². The van der Waals surface area contributed by atoms with Crippen LogP contribution in [0.5, 0.6) is 5.75 Å². The van der Waals surface area contributed by atoms with E-state index in [4.69, 9.17) is 9.47 Å². The maximum Gasteiger partial charge on any atom is 0.255 e. The van der Waals surface area contributed by atoms with Crippen LogP contribution in [0.15, 0.2) is 42.5 Å². The van der Waals surface area contributed by atoms with Gasteiger partial charge in [0.05, 0.1) is 39.3 Å². The van der Waals surface area contributed by atoms with Crippen LogP contribution in [-0.4, -0.2) is 66.2 Å². The van der Waals surface area contributed by atoms with Crippen LogP contribution in [0, 0.1) is 0 Å². The number of rotatable bonds is 6. The number of carbonyl (C=O) groups is 3. The summed E-state index contributed by atoms with van der Waals surface area (Å²) in [6.45, 7) is 5.43. The SMILES string of the molecule is C[N+]1(Cc2ccc(COc3cccc4c3CN(C3CCC(=O)CC3=O)C4=O)cc2)CCOCC1. The predicted octanol–water partition coefficient (Wildman–Crippen LogP) is 2.89. The van der Waals surface area contributed by atoms with Gasteiger partial charge in [-0.05, 0) is 24.1 Å². The van der Waals surface area contributed by atoms with Crippen molar-refractivity contribution >= 4 is 17.5 Å². The predicted molar refractivity (Wildman–Crippen MR) is 125 cm³/mol. The molecule has 2 aromatic rings. The molecule has 7 heteroatoms. The van der Waals surface area contributed by atoms with E-state index in [-0.39, 0.29) is 23.9 Å². The third-order valence-electron chi connectivity index (χ3n) is 7.30. The molecule has 1 saturated carbocycles. The lowest BCUT2D eigenvalue weighted by Crippen LogP contribution is -2.51. The number of likely N-dealkylation sites (N-methyl/N-ethyl adjacent to an activating group) is 1. The number of benzene rings is 2. The lowest BCUT2D eigenvalue weighted by molar-refractivity contribution is -0.929. The first kappa shape index (κ1) is 22.7. The second kappa shape index (κ2) is 9.31. The van der Waals surface area contributed by atoms with E-state index in [2.05, 4.69) is 31.3 Å². The van der Waals surface area contributed by atoms with Crippen molar-refractivity contribution in [1.29, 1.82) is 0 Å². The van der Waals surface area contributed by atoms with Crippen molar-refractivity contribution in [2.75, 3.05) is 33.4 Å². The van der Waals surface area contributed by atoms with Crippen molar-refractivity contribution in [2.45, 2.75) is 45.0 Å². The lowest BCUT2D eigenvalue weighted by Gasteiger charge is -2.37. The fraction of sp³-hybridized carbons (Fsp3) is 0.444. The first-order valence-electron chi connectivity index (χ1n) is 12.0. The first-order valence-corrected chi connectivity index (χ1v) is 12.0. The summed E-state index contributed by atoms with van der Waals surface area (Å²) in [7, 11) is 2.28. The highest BCUT2D eigenvalue weighted by molar-refractivity contribution is 6.07.